The van der Waals surface area contributed by atoms with Crippen LogP contribution in [0.2, 0.25) is 0 Å². The van der Waals surface area contributed by atoms with Gasteiger partial charge in [-0.2, -0.15) is 0 Å². The number of benzene rings is 1. The summed E-state index contributed by atoms with van der Waals surface area (Å²) in [4.78, 5) is 0. The molecule has 0 fully saturated rings. The molecule has 1 atom stereocenters. The summed E-state index contributed by atoms with van der Waals surface area (Å²) in [6.45, 7) is 3.48. The van der Waals surface area contributed by atoms with Crippen LogP contribution < -0.4 is 15.8 Å². The molecule has 3 nitrogen and oxygen atoms in total. The zero-order valence-electron chi connectivity index (χ0n) is 7.71. The molecule has 0 saturated heterocycles. The minimum Gasteiger partial charge on any atom is -0.487 e. The van der Waals surface area contributed by atoms with Crippen molar-refractivity contribution in [2.45, 2.75) is 19.6 Å². The highest BCUT2D eigenvalue weighted by atomic mass is 16.5. The molecule has 1 heterocycles. The summed E-state index contributed by atoms with van der Waals surface area (Å²) in [6, 6.07) is 6.01. The molecule has 0 aromatic heterocycles. The molecule has 1 aliphatic heterocycles. The summed E-state index contributed by atoms with van der Waals surface area (Å²) in [5.41, 5.74) is 7.73. The molecule has 0 saturated carbocycles. The molecule has 1 aromatic carbocycles. The Labute approximate surface area is 77.9 Å². The highest BCUT2D eigenvalue weighted by Gasteiger charge is 2.14. The molecule has 2 rings (SSSR count). The minimum atomic E-state index is 0.247. The predicted molar refractivity (Wildman–Crippen MR) is 52.9 cm³/mol. The van der Waals surface area contributed by atoms with Gasteiger partial charge in [0.1, 0.15) is 11.9 Å². The van der Waals surface area contributed by atoms with Crippen LogP contribution in [-0.2, 0) is 6.54 Å². The van der Waals surface area contributed by atoms with Crippen molar-refractivity contribution in [3.63, 3.8) is 0 Å². The summed E-state index contributed by atoms with van der Waals surface area (Å²) in [6.07, 6.45) is 0.247. The van der Waals surface area contributed by atoms with E-state index in [-0.39, 0.29) is 6.10 Å². The number of hydrogen-bond acceptors (Lipinski definition) is 3. The molecule has 13 heavy (non-hydrogen) atoms. The van der Waals surface area contributed by atoms with Gasteiger partial charge in [-0.3, -0.25) is 0 Å². The zero-order valence-corrected chi connectivity index (χ0v) is 7.71. The third kappa shape index (κ3) is 1.60. The SMILES string of the molecule is CC1CNc2cc(CN)ccc2O1. The molecule has 0 radical (unpaired) electrons. The molecule has 70 valence electrons. The second-order valence-electron chi connectivity index (χ2n) is 3.34. The van der Waals surface area contributed by atoms with Gasteiger partial charge in [0.05, 0.1) is 12.2 Å². The molecule has 1 unspecified atom stereocenters. The Kier molecular flexibility index (Phi) is 2.10. The standard InChI is InChI=1S/C10H14N2O/c1-7-6-12-9-4-8(5-11)2-3-10(9)13-7/h2-4,7,12H,5-6,11H2,1H3. The highest BCUT2D eigenvalue weighted by Crippen LogP contribution is 2.29. The van der Waals surface area contributed by atoms with Gasteiger partial charge in [0.2, 0.25) is 0 Å². The summed E-state index contributed by atoms with van der Waals surface area (Å²) in [5.74, 6) is 0.927. The third-order valence-electron chi connectivity index (χ3n) is 2.19. The molecule has 3 N–H and O–H groups in total. The van der Waals surface area contributed by atoms with Gasteiger partial charge in [0.15, 0.2) is 0 Å². The lowest BCUT2D eigenvalue weighted by atomic mass is 10.1. The average molecular weight is 178 g/mol. The quantitative estimate of drug-likeness (QED) is 0.682. The van der Waals surface area contributed by atoms with E-state index in [0.29, 0.717) is 6.54 Å². The monoisotopic (exact) mass is 178 g/mol. The molecule has 3 heteroatoms. The van der Waals surface area contributed by atoms with Crippen molar-refractivity contribution in [3.05, 3.63) is 23.8 Å². The summed E-state index contributed by atoms with van der Waals surface area (Å²) >= 11 is 0. The van der Waals surface area contributed by atoms with E-state index in [1.807, 2.05) is 25.1 Å². The highest BCUT2D eigenvalue weighted by molar-refractivity contribution is 5.59. The number of ether oxygens (including phenoxy) is 1. The molecular weight excluding hydrogens is 164 g/mol. The van der Waals surface area contributed by atoms with Gasteiger partial charge < -0.3 is 15.8 Å². The largest absolute Gasteiger partial charge is 0.487 e. The van der Waals surface area contributed by atoms with E-state index in [0.717, 1.165) is 23.5 Å². The maximum absolute atomic E-state index is 5.63. The predicted octanol–water partition coefficient (Wildman–Crippen LogP) is 1.34. The first kappa shape index (κ1) is 8.38. The Morgan fingerprint density at radius 2 is 2.46 bits per heavy atom. The van der Waals surface area contributed by atoms with Crippen LogP contribution in [0.5, 0.6) is 5.75 Å². The van der Waals surface area contributed by atoms with Gasteiger partial charge in [-0.05, 0) is 24.6 Å². The van der Waals surface area contributed by atoms with Gasteiger partial charge in [-0.15, -0.1) is 0 Å². The van der Waals surface area contributed by atoms with E-state index in [2.05, 4.69) is 5.32 Å². The van der Waals surface area contributed by atoms with Crippen molar-refractivity contribution in [2.24, 2.45) is 5.73 Å². The number of nitrogens with two attached hydrogens (primary N) is 1. The first-order valence-electron chi connectivity index (χ1n) is 4.53. The first-order valence-corrected chi connectivity index (χ1v) is 4.53. The number of fused-ring (bicyclic) bond motifs is 1. The van der Waals surface area contributed by atoms with Crippen LogP contribution in [0.3, 0.4) is 0 Å². The topological polar surface area (TPSA) is 47.3 Å². The fourth-order valence-corrected chi connectivity index (χ4v) is 1.46. The Morgan fingerprint density at radius 1 is 1.62 bits per heavy atom. The third-order valence-corrected chi connectivity index (χ3v) is 2.19. The van der Waals surface area contributed by atoms with Crippen LogP contribution in [0.1, 0.15) is 12.5 Å². The van der Waals surface area contributed by atoms with Gasteiger partial charge >= 0.3 is 0 Å². The Balaban J connectivity index is 2.31. The van der Waals surface area contributed by atoms with E-state index in [1.54, 1.807) is 0 Å². The zero-order chi connectivity index (χ0) is 9.26. The molecular formula is C10H14N2O. The number of hydrogen-bond donors (Lipinski definition) is 2. The number of anilines is 1. The van der Waals surface area contributed by atoms with Gasteiger partial charge in [0.25, 0.3) is 0 Å². The van der Waals surface area contributed by atoms with Crippen molar-refractivity contribution >= 4 is 5.69 Å². The van der Waals surface area contributed by atoms with Crippen LogP contribution in [0, 0.1) is 0 Å². The van der Waals surface area contributed by atoms with Gasteiger partial charge in [-0.25, -0.2) is 0 Å². The smallest absolute Gasteiger partial charge is 0.142 e. The fourth-order valence-electron chi connectivity index (χ4n) is 1.46. The van der Waals surface area contributed by atoms with E-state index in [4.69, 9.17) is 10.5 Å². The lowest BCUT2D eigenvalue weighted by Crippen LogP contribution is -2.27. The molecule has 0 spiro atoms. The maximum Gasteiger partial charge on any atom is 0.142 e. The first-order chi connectivity index (χ1) is 6.29. The molecule has 1 aromatic rings. The lowest BCUT2D eigenvalue weighted by molar-refractivity contribution is 0.226. The van der Waals surface area contributed by atoms with Gasteiger partial charge in [0, 0.05) is 6.54 Å². The van der Waals surface area contributed by atoms with E-state index in [1.165, 1.54) is 0 Å². The van der Waals surface area contributed by atoms with Gasteiger partial charge in [-0.1, -0.05) is 6.07 Å². The Morgan fingerprint density at radius 3 is 3.23 bits per heavy atom. The average Bonchev–Trinajstić information content (AvgIpc) is 2.17. The fraction of sp³-hybridized carbons (Fsp3) is 0.400. The second kappa shape index (κ2) is 3.26. The summed E-state index contributed by atoms with van der Waals surface area (Å²) in [5, 5.41) is 3.31. The second-order valence-corrected chi connectivity index (χ2v) is 3.34. The van der Waals surface area contributed by atoms with E-state index < -0.39 is 0 Å². The molecule has 0 aliphatic carbocycles. The van der Waals surface area contributed by atoms with Crippen molar-refractivity contribution in [2.75, 3.05) is 11.9 Å². The number of nitrogens with one attached hydrogen (secondary N) is 1. The maximum atomic E-state index is 5.63. The molecule has 1 aliphatic rings. The normalized spacial score (nSPS) is 20.0. The van der Waals surface area contributed by atoms with Crippen LogP contribution in [0.4, 0.5) is 5.69 Å². The number of rotatable bonds is 1. The van der Waals surface area contributed by atoms with Crippen molar-refractivity contribution < 1.29 is 4.74 Å². The molecule has 0 bridgehead atoms. The summed E-state index contributed by atoms with van der Waals surface area (Å²) < 4.78 is 5.63. The van der Waals surface area contributed by atoms with Crippen molar-refractivity contribution in [1.82, 2.24) is 0 Å². The lowest BCUT2D eigenvalue weighted by Gasteiger charge is -2.25. The van der Waals surface area contributed by atoms with Crippen LogP contribution in [0.15, 0.2) is 18.2 Å². The summed E-state index contributed by atoms with van der Waals surface area (Å²) in [7, 11) is 0. The van der Waals surface area contributed by atoms with Crippen LogP contribution >= 0.6 is 0 Å². The van der Waals surface area contributed by atoms with Crippen molar-refractivity contribution in [3.8, 4) is 5.75 Å². The van der Waals surface area contributed by atoms with Crippen molar-refractivity contribution in [1.29, 1.82) is 0 Å². The Hall–Kier alpha value is -1.22. The van der Waals surface area contributed by atoms with E-state index in [9.17, 15) is 0 Å². The Bertz CT molecular complexity index is 312. The van der Waals surface area contributed by atoms with Crippen LogP contribution in [0.25, 0.3) is 0 Å². The minimum absolute atomic E-state index is 0.247. The van der Waals surface area contributed by atoms with Crippen LogP contribution in [-0.4, -0.2) is 12.6 Å². The molecule has 0 amide bonds. The van der Waals surface area contributed by atoms with E-state index >= 15 is 0 Å².